The van der Waals surface area contributed by atoms with Gasteiger partial charge in [-0.3, -0.25) is 0 Å². The zero-order chi connectivity index (χ0) is 11.6. The van der Waals surface area contributed by atoms with Crippen LogP contribution < -0.4 is 4.74 Å². The van der Waals surface area contributed by atoms with E-state index >= 15 is 0 Å². The van der Waals surface area contributed by atoms with Crippen LogP contribution in [0, 0.1) is 0 Å². The minimum atomic E-state index is -4.88. The molecule has 4 nitrogen and oxygen atoms in total. The van der Waals surface area contributed by atoms with Crippen LogP contribution in [-0.2, 0) is 16.8 Å². The number of aliphatic hydroxyl groups is 1. The predicted octanol–water partition coefficient (Wildman–Crippen LogP) is 1.50. The summed E-state index contributed by atoms with van der Waals surface area (Å²) in [5.74, 6) is 0.0677. The van der Waals surface area contributed by atoms with Gasteiger partial charge in [-0.2, -0.15) is 8.42 Å². The van der Waals surface area contributed by atoms with Gasteiger partial charge < -0.3 is 9.84 Å². The maximum atomic E-state index is 12.7. The Hall–Kier alpha value is -0.850. The van der Waals surface area contributed by atoms with E-state index in [0.717, 1.165) is 12.1 Å². The van der Waals surface area contributed by atoms with Crippen molar-refractivity contribution in [2.24, 2.45) is 0 Å². The molecule has 7 heteroatoms. The molecule has 0 atom stereocenters. The minimum Gasteiger partial charge on any atom is -0.496 e. The summed E-state index contributed by atoms with van der Waals surface area (Å²) in [7, 11) is -3.61. The third-order valence-corrected chi connectivity index (χ3v) is 3.06. The lowest BCUT2D eigenvalue weighted by Crippen LogP contribution is -1.98. The second-order valence-corrected chi connectivity index (χ2v) is 4.41. The molecule has 0 aliphatic rings. The fourth-order valence-electron chi connectivity index (χ4n) is 1.08. The topological polar surface area (TPSA) is 63.6 Å². The minimum absolute atomic E-state index is 0.0677. The molecule has 1 aromatic carbocycles. The lowest BCUT2D eigenvalue weighted by Gasteiger charge is -2.08. The Labute approximate surface area is 91.5 Å². The lowest BCUT2D eigenvalue weighted by molar-refractivity contribution is 0.273. The highest BCUT2D eigenvalue weighted by molar-refractivity contribution is 7.86. The zero-order valence-electron chi connectivity index (χ0n) is 7.70. The van der Waals surface area contributed by atoms with E-state index in [4.69, 9.17) is 21.4 Å². The third-order valence-electron chi connectivity index (χ3n) is 1.77. The molecule has 0 aliphatic heterocycles. The van der Waals surface area contributed by atoms with E-state index in [2.05, 4.69) is 0 Å². The van der Waals surface area contributed by atoms with Crippen LogP contribution in [0.1, 0.15) is 5.56 Å². The number of halogens is 2. The second-order valence-electron chi connectivity index (χ2n) is 2.69. The van der Waals surface area contributed by atoms with Crippen molar-refractivity contribution in [1.29, 1.82) is 0 Å². The van der Waals surface area contributed by atoms with E-state index in [1.165, 1.54) is 7.11 Å². The number of benzene rings is 1. The van der Waals surface area contributed by atoms with Gasteiger partial charge in [-0.1, -0.05) is 11.6 Å². The summed E-state index contributed by atoms with van der Waals surface area (Å²) in [5.41, 5.74) is 0.287. The molecule has 84 valence electrons. The van der Waals surface area contributed by atoms with Crippen molar-refractivity contribution >= 4 is 21.8 Å². The van der Waals surface area contributed by atoms with Gasteiger partial charge >= 0.3 is 10.2 Å². The molecule has 1 N–H and O–H groups in total. The van der Waals surface area contributed by atoms with Crippen molar-refractivity contribution in [2.75, 3.05) is 7.11 Å². The van der Waals surface area contributed by atoms with Crippen LogP contribution in [0.2, 0.25) is 5.02 Å². The Kier molecular flexibility index (Phi) is 3.54. The molecule has 0 fully saturated rings. The molecule has 0 bridgehead atoms. The molecule has 0 heterocycles. The number of hydrogen-bond acceptors (Lipinski definition) is 4. The monoisotopic (exact) mass is 254 g/mol. The van der Waals surface area contributed by atoms with Gasteiger partial charge in [-0.05, 0) is 6.07 Å². The van der Waals surface area contributed by atoms with E-state index in [9.17, 15) is 12.3 Å². The van der Waals surface area contributed by atoms with E-state index < -0.39 is 15.1 Å². The highest BCUT2D eigenvalue weighted by atomic mass is 35.5. The molecule has 0 saturated carbocycles. The summed E-state index contributed by atoms with van der Waals surface area (Å²) >= 11 is 5.54. The van der Waals surface area contributed by atoms with Gasteiger partial charge in [0, 0.05) is 11.6 Å². The maximum absolute atomic E-state index is 12.7. The largest absolute Gasteiger partial charge is 0.496 e. The predicted molar refractivity (Wildman–Crippen MR) is 52.2 cm³/mol. The van der Waals surface area contributed by atoms with Crippen molar-refractivity contribution in [3.63, 3.8) is 0 Å². The quantitative estimate of drug-likeness (QED) is 0.831. The number of ether oxygens (including phenoxy) is 1. The standard InChI is InChI=1S/C8H8ClFO4S/c1-14-7-3-8(15(10,12)13)6(9)2-5(7)4-11/h2-3,11H,4H2,1H3. The molecular formula is C8H8ClFO4S. The summed E-state index contributed by atoms with van der Waals surface area (Å²) in [6.45, 7) is -0.379. The molecule has 0 radical (unpaired) electrons. The van der Waals surface area contributed by atoms with Gasteiger partial charge in [0.05, 0.1) is 18.7 Å². The molecule has 0 unspecified atom stereocenters. The van der Waals surface area contributed by atoms with Gasteiger partial charge in [0.1, 0.15) is 10.6 Å². The highest BCUT2D eigenvalue weighted by Crippen LogP contribution is 2.31. The van der Waals surface area contributed by atoms with Crippen molar-refractivity contribution in [1.82, 2.24) is 0 Å². The van der Waals surface area contributed by atoms with Crippen LogP contribution >= 0.6 is 11.6 Å². The molecule has 0 aromatic heterocycles. The van der Waals surface area contributed by atoms with Gasteiger partial charge in [-0.15, -0.1) is 3.89 Å². The van der Waals surface area contributed by atoms with Gasteiger partial charge in [0.15, 0.2) is 0 Å². The van der Waals surface area contributed by atoms with E-state index in [1.807, 2.05) is 0 Å². The lowest BCUT2D eigenvalue weighted by atomic mass is 10.2. The van der Waals surface area contributed by atoms with Gasteiger partial charge in [0.2, 0.25) is 0 Å². The normalized spacial score (nSPS) is 11.5. The summed E-state index contributed by atoms with van der Waals surface area (Å²) < 4.78 is 38.8. The van der Waals surface area contributed by atoms with Crippen molar-refractivity contribution in [3.8, 4) is 5.75 Å². The van der Waals surface area contributed by atoms with Crippen molar-refractivity contribution in [3.05, 3.63) is 22.7 Å². The zero-order valence-corrected chi connectivity index (χ0v) is 9.27. The van der Waals surface area contributed by atoms with E-state index in [0.29, 0.717) is 0 Å². The van der Waals surface area contributed by atoms with Gasteiger partial charge in [-0.25, -0.2) is 0 Å². The Balaban J connectivity index is 3.46. The smallest absolute Gasteiger partial charge is 0.333 e. The summed E-state index contributed by atoms with van der Waals surface area (Å²) in [4.78, 5) is -0.668. The van der Waals surface area contributed by atoms with Crippen LogP contribution in [-0.4, -0.2) is 20.6 Å². The maximum Gasteiger partial charge on any atom is 0.333 e. The summed E-state index contributed by atoms with van der Waals surface area (Å²) in [6.07, 6.45) is 0. The van der Waals surface area contributed by atoms with Crippen LogP contribution in [0.4, 0.5) is 3.89 Å². The summed E-state index contributed by atoms with van der Waals surface area (Å²) in [5, 5.41) is 8.60. The molecule has 0 aliphatic carbocycles. The first-order valence-electron chi connectivity index (χ1n) is 3.82. The molecule has 0 spiro atoms. The van der Waals surface area contributed by atoms with E-state index in [-0.39, 0.29) is 22.9 Å². The van der Waals surface area contributed by atoms with Crippen molar-refractivity contribution < 1.29 is 22.1 Å². The number of hydrogen-bond donors (Lipinski definition) is 1. The SMILES string of the molecule is COc1cc(S(=O)(=O)F)c(Cl)cc1CO. The number of methoxy groups -OCH3 is 1. The molecule has 15 heavy (non-hydrogen) atoms. The number of aliphatic hydroxyl groups excluding tert-OH is 1. The fraction of sp³-hybridized carbons (Fsp3) is 0.250. The van der Waals surface area contributed by atoms with Gasteiger partial charge in [0.25, 0.3) is 0 Å². The Morgan fingerprint density at radius 1 is 1.53 bits per heavy atom. The van der Waals surface area contributed by atoms with Crippen LogP contribution in [0.3, 0.4) is 0 Å². The Morgan fingerprint density at radius 3 is 2.53 bits per heavy atom. The Morgan fingerprint density at radius 2 is 2.13 bits per heavy atom. The first-order chi connectivity index (χ1) is 6.90. The molecule has 0 amide bonds. The second kappa shape index (κ2) is 4.34. The Bertz CT molecular complexity index is 472. The average Bonchev–Trinajstić information content (AvgIpc) is 2.15. The van der Waals surface area contributed by atoms with Crippen LogP contribution in [0.5, 0.6) is 5.75 Å². The number of rotatable bonds is 3. The fourth-order valence-corrected chi connectivity index (χ4v) is 2.08. The molecular weight excluding hydrogens is 247 g/mol. The summed E-state index contributed by atoms with van der Waals surface area (Å²) in [6, 6.07) is 2.08. The highest BCUT2D eigenvalue weighted by Gasteiger charge is 2.19. The third kappa shape index (κ3) is 2.58. The van der Waals surface area contributed by atoms with E-state index in [1.54, 1.807) is 0 Å². The molecule has 1 aromatic rings. The van der Waals surface area contributed by atoms with Crippen LogP contribution in [0.25, 0.3) is 0 Å². The first-order valence-corrected chi connectivity index (χ1v) is 5.58. The van der Waals surface area contributed by atoms with Crippen LogP contribution in [0.15, 0.2) is 17.0 Å². The average molecular weight is 255 g/mol. The molecule has 0 saturated heterocycles. The molecule has 1 rings (SSSR count). The first kappa shape index (κ1) is 12.2. The van der Waals surface area contributed by atoms with Crippen molar-refractivity contribution in [2.45, 2.75) is 11.5 Å².